The number of hydrogen-bond acceptors (Lipinski definition) is 7. The number of nitrogens with two attached hydrogens (primary N) is 1. The van der Waals surface area contributed by atoms with Gasteiger partial charge in [0.15, 0.2) is 0 Å². The van der Waals surface area contributed by atoms with Crippen molar-refractivity contribution in [2.24, 2.45) is 0 Å². The third kappa shape index (κ3) is 2.38. The molecule has 2 atom stereocenters. The Morgan fingerprint density at radius 3 is 2.35 bits per heavy atom. The van der Waals surface area contributed by atoms with Crippen LogP contribution in [0.2, 0.25) is 0 Å². The first kappa shape index (κ1) is 12.2. The number of rotatable bonds is 3. The monoisotopic (exact) mass is 258 g/mol. The third-order valence-electron chi connectivity index (χ3n) is 2.73. The van der Waals surface area contributed by atoms with Crippen molar-refractivity contribution in [3.05, 3.63) is 5.01 Å². The van der Waals surface area contributed by atoms with Crippen LogP contribution in [0.3, 0.4) is 0 Å². The fourth-order valence-corrected chi connectivity index (χ4v) is 2.40. The molecule has 0 radical (unpaired) electrons. The Labute approximate surface area is 103 Å². The number of methoxy groups -OCH3 is 2. The van der Waals surface area contributed by atoms with Gasteiger partial charge in [0.25, 0.3) is 5.91 Å². The lowest BCUT2D eigenvalue weighted by Gasteiger charge is -2.13. The second kappa shape index (κ2) is 4.94. The van der Waals surface area contributed by atoms with Gasteiger partial charge in [-0.15, -0.1) is 10.2 Å². The van der Waals surface area contributed by atoms with E-state index in [4.69, 9.17) is 15.2 Å². The molecule has 1 saturated heterocycles. The normalized spacial score (nSPS) is 24.2. The quantitative estimate of drug-likeness (QED) is 0.793. The highest BCUT2D eigenvalue weighted by Crippen LogP contribution is 2.20. The molecule has 8 heteroatoms. The van der Waals surface area contributed by atoms with Gasteiger partial charge >= 0.3 is 0 Å². The summed E-state index contributed by atoms with van der Waals surface area (Å²) in [5, 5.41) is 7.95. The summed E-state index contributed by atoms with van der Waals surface area (Å²) >= 11 is 1.08. The van der Waals surface area contributed by atoms with Gasteiger partial charge in [-0.2, -0.15) is 0 Å². The number of carbonyl (C=O) groups is 1. The van der Waals surface area contributed by atoms with Crippen LogP contribution in [0.1, 0.15) is 9.80 Å². The second-order valence-electron chi connectivity index (χ2n) is 3.70. The lowest BCUT2D eigenvalue weighted by molar-refractivity contribution is -0.00461. The predicted octanol–water partition coefficient (Wildman–Crippen LogP) is -0.394. The Morgan fingerprint density at radius 1 is 1.35 bits per heavy atom. The largest absolute Gasteiger partial charge is 0.377 e. The molecule has 2 heterocycles. The molecule has 17 heavy (non-hydrogen) atoms. The van der Waals surface area contributed by atoms with Gasteiger partial charge in [-0.3, -0.25) is 4.79 Å². The van der Waals surface area contributed by atoms with Crippen LogP contribution < -0.4 is 5.73 Å². The van der Waals surface area contributed by atoms with E-state index in [2.05, 4.69) is 10.2 Å². The summed E-state index contributed by atoms with van der Waals surface area (Å²) in [7, 11) is 3.21. The van der Waals surface area contributed by atoms with E-state index in [9.17, 15) is 4.79 Å². The molecule has 1 fully saturated rings. The molecular weight excluding hydrogens is 244 g/mol. The average molecular weight is 258 g/mol. The Kier molecular flexibility index (Phi) is 3.55. The SMILES string of the molecule is COC1CN(C(=O)c2nnc(N)s2)CC1OC. The first-order chi connectivity index (χ1) is 8.15. The molecule has 1 amide bonds. The van der Waals surface area contributed by atoms with Crippen molar-refractivity contribution in [2.75, 3.05) is 33.0 Å². The van der Waals surface area contributed by atoms with E-state index in [1.54, 1.807) is 19.1 Å². The van der Waals surface area contributed by atoms with Crippen molar-refractivity contribution in [1.82, 2.24) is 15.1 Å². The molecule has 1 aliphatic heterocycles. The maximum absolute atomic E-state index is 12.1. The lowest BCUT2D eigenvalue weighted by atomic mass is 10.3. The van der Waals surface area contributed by atoms with Crippen LogP contribution in [0.25, 0.3) is 0 Å². The zero-order chi connectivity index (χ0) is 12.4. The van der Waals surface area contributed by atoms with E-state index in [1.165, 1.54) is 0 Å². The summed E-state index contributed by atoms with van der Waals surface area (Å²) < 4.78 is 10.5. The molecule has 0 bridgehead atoms. The van der Waals surface area contributed by atoms with Gasteiger partial charge in [-0.25, -0.2) is 0 Å². The Morgan fingerprint density at radius 2 is 1.94 bits per heavy atom. The van der Waals surface area contributed by atoms with Crippen LogP contribution >= 0.6 is 11.3 Å². The van der Waals surface area contributed by atoms with E-state index in [1.807, 2.05) is 0 Å². The molecule has 1 aromatic rings. The molecule has 0 aromatic carbocycles. The van der Waals surface area contributed by atoms with Crippen molar-refractivity contribution in [2.45, 2.75) is 12.2 Å². The van der Waals surface area contributed by atoms with Gasteiger partial charge in [0.05, 0.1) is 0 Å². The molecular formula is C9H14N4O3S. The van der Waals surface area contributed by atoms with Crippen LogP contribution in [-0.4, -0.2) is 60.5 Å². The van der Waals surface area contributed by atoms with Crippen LogP contribution in [0.4, 0.5) is 5.13 Å². The number of ether oxygens (including phenoxy) is 2. The fourth-order valence-electron chi connectivity index (χ4n) is 1.82. The summed E-state index contributed by atoms with van der Waals surface area (Å²) in [5.74, 6) is -0.180. The number of amides is 1. The van der Waals surface area contributed by atoms with Crippen LogP contribution in [0.15, 0.2) is 0 Å². The molecule has 1 aromatic heterocycles. The zero-order valence-corrected chi connectivity index (χ0v) is 10.4. The van der Waals surface area contributed by atoms with Crippen molar-refractivity contribution in [3.63, 3.8) is 0 Å². The molecule has 7 nitrogen and oxygen atoms in total. The van der Waals surface area contributed by atoms with Crippen molar-refractivity contribution in [1.29, 1.82) is 0 Å². The van der Waals surface area contributed by atoms with Gasteiger partial charge < -0.3 is 20.1 Å². The molecule has 2 unspecified atom stereocenters. The van der Waals surface area contributed by atoms with Crippen molar-refractivity contribution in [3.8, 4) is 0 Å². The Balaban J connectivity index is 2.07. The summed E-state index contributed by atoms with van der Waals surface area (Å²) in [6.45, 7) is 0.987. The van der Waals surface area contributed by atoms with E-state index in [0.29, 0.717) is 23.2 Å². The van der Waals surface area contributed by atoms with Gasteiger partial charge in [-0.1, -0.05) is 11.3 Å². The fraction of sp³-hybridized carbons (Fsp3) is 0.667. The van der Waals surface area contributed by atoms with Gasteiger partial charge in [0.1, 0.15) is 12.2 Å². The smallest absolute Gasteiger partial charge is 0.285 e. The van der Waals surface area contributed by atoms with Gasteiger partial charge in [-0.05, 0) is 0 Å². The first-order valence-electron chi connectivity index (χ1n) is 5.09. The van der Waals surface area contributed by atoms with Crippen LogP contribution in [0.5, 0.6) is 0 Å². The number of anilines is 1. The number of nitrogens with zero attached hydrogens (tertiary/aromatic N) is 3. The van der Waals surface area contributed by atoms with Crippen molar-refractivity contribution >= 4 is 22.4 Å². The summed E-state index contributed by atoms with van der Waals surface area (Å²) in [6, 6.07) is 0. The van der Waals surface area contributed by atoms with E-state index in [0.717, 1.165) is 11.3 Å². The topological polar surface area (TPSA) is 90.6 Å². The number of nitrogen functional groups attached to an aromatic ring is 1. The van der Waals surface area contributed by atoms with Crippen molar-refractivity contribution < 1.29 is 14.3 Å². The first-order valence-corrected chi connectivity index (χ1v) is 5.91. The van der Waals surface area contributed by atoms with Crippen LogP contribution in [0, 0.1) is 0 Å². The third-order valence-corrected chi connectivity index (χ3v) is 3.47. The standard InChI is InChI=1S/C9H14N4O3S/c1-15-5-3-13(4-6(5)16-2)8(14)7-11-12-9(10)17-7/h5-6H,3-4H2,1-2H3,(H2,10,12). The Bertz CT molecular complexity index is 399. The maximum atomic E-state index is 12.1. The highest BCUT2D eigenvalue weighted by Gasteiger charge is 2.36. The molecule has 0 spiro atoms. The zero-order valence-electron chi connectivity index (χ0n) is 9.62. The second-order valence-corrected chi connectivity index (χ2v) is 4.71. The predicted molar refractivity (Wildman–Crippen MR) is 61.8 cm³/mol. The summed E-state index contributed by atoms with van der Waals surface area (Å²) in [4.78, 5) is 13.7. The van der Waals surface area contributed by atoms with E-state index < -0.39 is 0 Å². The van der Waals surface area contributed by atoms with Gasteiger partial charge in [0.2, 0.25) is 10.1 Å². The average Bonchev–Trinajstić information content (AvgIpc) is 2.93. The molecule has 2 rings (SSSR count). The highest BCUT2D eigenvalue weighted by atomic mass is 32.1. The minimum atomic E-state index is -0.180. The summed E-state index contributed by atoms with van der Waals surface area (Å²) in [5.41, 5.74) is 5.45. The lowest BCUT2D eigenvalue weighted by Crippen LogP contribution is -2.30. The molecule has 2 N–H and O–H groups in total. The molecule has 0 saturated carbocycles. The maximum Gasteiger partial charge on any atom is 0.285 e. The molecule has 94 valence electrons. The van der Waals surface area contributed by atoms with Crippen LogP contribution in [-0.2, 0) is 9.47 Å². The number of hydrogen-bond donors (Lipinski definition) is 1. The highest BCUT2D eigenvalue weighted by molar-refractivity contribution is 7.16. The minimum absolute atomic E-state index is 0.103. The number of likely N-dealkylation sites (tertiary alicyclic amines) is 1. The van der Waals surface area contributed by atoms with Gasteiger partial charge in [0, 0.05) is 27.3 Å². The Hall–Kier alpha value is -1.25. The molecule has 0 aliphatic carbocycles. The number of carbonyl (C=O) groups excluding carboxylic acids is 1. The van der Waals surface area contributed by atoms with E-state index >= 15 is 0 Å². The molecule has 1 aliphatic rings. The summed E-state index contributed by atoms with van der Waals surface area (Å²) in [6.07, 6.45) is -0.205. The minimum Gasteiger partial charge on any atom is -0.377 e. The number of aromatic nitrogens is 2. The van der Waals surface area contributed by atoms with E-state index in [-0.39, 0.29) is 18.1 Å².